The number of hydrogen-bond donors (Lipinski definition) is 2. The summed E-state index contributed by atoms with van der Waals surface area (Å²) in [5, 5.41) is 8.81. The second-order valence-electron chi connectivity index (χ2n) is 5.00. The monoisotopic (exact) mass is 288 g/mol. The van der Waals surface area contributed by atoms with Crippen LogP contribution in [-0.2, 0) is 4.79 Å². The van der Waals surface area contributed by atoms with Crippen LogP contribution in [0.5, 0.6) is 0 Å². The maximum Gasteiger partial charge on any atom is 0.255 e. The van der Waals surface area contributed by atoms with Crippen LogP contribution in [0.15, 0.2) is 18.2 Å². The van der Waals surface area contributed by atoms with Gasteiger partial charge in [0.15, 0.2) is 0 Å². The van der Waals surface area contributed by atoms with E-state index in [2.05, 4.69) is 11.8 Å². The van der Waals surface area contributed by atoms with E-state index < -0.39 is 5.91 Å². The summed E-state index contributed by atoms with van der Waals surface area (Å²) < 4.78 is 0. The van der Waals surface area contributed by atoms with Gasteiger partial charge < -0.3 is 15.7 Å². The number of rotatable bonds is 4. The van der Waals surface area contributed by atoms with Gasteiger partial charge in [0.25, 0.3) is 5.91 Å². The van der Waals surface area contributed by atoms with Crippen LogP contribution in [-0.4, -0.2) is 41.0 Å². The van der Waals surface area contributed by atoms with Gasteiger partial charge in [-0.15, -0.1) is 0 Å². The lowest BCUT2D eigenvalue weighted by atomic mass is 10.0. The van der Waals surface area contributed by atoms with E-state index in [9.17, 15) is 9.59 Å². The van der Waals surface area contributed by atoms with E-state index in [1.54, 1.807) is 18.2 Å². The van der Waals surface area contributed by atoms with Crippen molar-refractivity contribution < 1.29 is 14.7 Å². The van der Waals surface area contributed by atoms with Crippen LogP contribution >= 0.6 is 0 Å². The molecule has 2 amide bonds. The number of primary amides is 1. The van der Waals surface area contributed by atoms with Crippen molar-refractivity contribution in [1.82, 2.24) is 4.90 Å². The van der Waals surface area contributed by atoms with Crippen LogP contribution in [0, 0.1) is 18.8 Å². The Morgan fingerprint density at radius 1 is 1.38 bits per heavy atom. The predicted molar refractivity (Wildman–Crippen MR) is 80.5 cm³/mol. The summed E-state index contributed by atoms with van der Waals surface area (Å²) >= 11 is 0. The van der Waals surface area contributed by atoms with Gasteiger partial charge in [0, 0.05) is 11.6 Å². The van der Waals surface area contributed by atoms with Crippen LogP contribution < -0.4 is 5.73 Å². The molecule has 5 heteroatoms. The SMILES string of the molecule is Cc1ccc(C(=O)N(CC(N)=O)C(C)C)c(C#CCO)c1. The van der Waals surface area contributed by atoms with Gasteiger partial charge in [-0.25, -0.2) is 0 Å². The van der Waals surface area contributed by atoms with Crippen molar-refractivity contribution in [2.75, 3.05) is 13.2 Å². The van der Waals surface area contributed by atoms with Gasteiger partial charge in [0.05, 0.1) is 12.1 Å². The van der Waals surface area contributed by atoms with Crippen molar-refractivity contribution in [2.45, 2.75) is 26.8 Å². The molecule has 0 radical (unpaired) electrons. The van der Waals surface area contributed by atoms with Gasteiger partial charge in [-0.2, -0.15) is 0 Å². The zero-order chi connectivity index (χ0) is 16.0. The van der Waals surface area contributed by atoms with Gasteiger partial charge in [-0.05, 0) is 38.5 Å². The Kier molecular flexibility index (Phi) is 5.94. The van der Waals surface area contributed by atoms with Crippen LogP contribution in [0.4, 0.5) is 0 Å². The van der Waals surface area contributed by atoms with Crippen molar-refractivity contribution in [3.05, 3.63) is 34.9 Å². The molecule has 0 aliphatic heterocycles. The first kappa shape index (κ1) is 16.7. The van der Waals surface area contributed by atoms with Gasteiger partial charge >= 0.3 is 0 Å². The van der Waals surface area contributed by atoms with Crippen molar-refractivity contribution >= 4 is 11.8 Å². The van der Waals surface area contributed by atoms with E-state index in [-0.39, 0.29) is 25.1 Å². The molecule has 0 aliphatic carbocycles. The molecule has 0 fully saturated rings. The molecule has 0 saturated carbocycles. The summed E-state index contributed by atoms with van der Waals surface area (Å²) in [5.74, 6) is 4.44. The van der Waals surface area contributed by atoms with Crippen LogP contribution in [0.25, 0.3) is 0 Å². The summed E-state index contributed by atoms with van der Waals surface area (Å²) in [6.07, 6.45) is 0. The number of carbonyl (C=O) groups excluding carboxylic acids is 2. The number of aryl methyl sites for hydroxylation is 1. The molecule has 0 spiro atoms. The van der Waals surface area contributed by atoms with Crippen LogP contribution in [0.1, 0.15) is 35.3 Å². The first-order valence-electron chi connectivity index (χ1n) is 6.66. The molecule has 3 N–H and O–H groups in total. The molecular formula is C16H20N2O3. The fraction of sp³-hybridized carbons (Fsp3) is 0.375. The highest BCUT2D eigenvalue weighted by Gasteiger charge is 2.22. The summed E-state index contributed by atoms with van der Waals surface area (Å²) in [6, 6.07) is 5.10. The minimum absolute atomic E-state index is 0.142. The number of hydrogen-bond acceptors (Lipinski definition) is 3. The van der Waals surface area contributed by atoms with Gasteiger partial charge in [-0.3, -0.25) is 9.59 Å². The number of aliphatic hydroxyl groups excluding tert-OH is 1. The van der Waals surface area contributed by atoms with Crippen molar-refractivity contribution in [3.8, 4) is 11.8 Å². The number of amides is 2. The van der Waals surface area contributed by atoms with Crippen molar-refractivity contribution in [2.24, 2.45) is 5.73 Å². The Bertz CT molecular complexity index is 597. The second kappa shape index (κ2) is 7.46. The van der Waals surface area contributed by atoms with Crippen LogP contribution in [0.2, 0.25) is 0 Å². The summed E-state index contributed by atoms with van der Waals surface area (Å²) in [6.45, 7) is 5.10. The molecule has 0 aromatic heterocycles. The molecule has 0 aliphatic rings. The number of nitrogens with two attached hydrogens (primary N) is 1. The van der Waals surface area contributed by atoms with Gasteiger partial charge in [-0.1, -0.05) is 17.9 Å². The molecule has 1 aromatic carbocycles. The maximum absolute atomic E-state index is 12.6. The van der Waals surface area contributed by atoms with Crippen molar-refractivity contribution in [1.29, 1.82) is 0 Å². The molecule has 21 heavy (non-hydrogen) atoms. The molecule has 5 nitrogen and oxygen atoms in total. The molecule has 1 aromatic rings. The minimum atomic E-state index is -0.563. The van der Waals surface area contributed by atoms with E-state index in [0.717, 1.165) is 5.56 Å². The Hall–Kier alpha value is -2.32. The average molecular weight is 288 g/mol. The first-order valence-corrected chi connectivity index (χ1v) is 6.66. The van der Waals surface area contributed by atoms with E-state index in [4.69, 9.17) is 10.8 Å². The first-order chi connectivity index (χ1) is 9.86. The van der Waals surface area contributed by atoms with E-state index in [1.807, 2.05) is 20.8 Å². The molecule has 0 saturated heterocycles. The van der Waals surface area contributed by atoms with E-state index >= 15 is 0 Å². The number of benzene rings is 1. The Morgan fingerprint density at radius 2 is 2.05 bits per heavy atom. The van der Waals surface area contributed by atoms with E-state index in [0.29, 0.717) is 11.1 Å². The largest absolute Gasteiger partial charge is 0.384 e. The third kappa shape index (κ3) is 4.62. The highest BCUT2D eigenvalue weighted by atomic mass is 16.2. The Balaban J connectivity index is 3.24. The summed E-state index contributed by atoms with van der Waals surface area (Å²) in [4.78, 5) is 25.1. The molecule has 112 valence electrons. The second-order valence-corrected chi connectivity index (χ2v) is 5.00. The maximum atomic E-state index is 12.6. The summed E-state index contributed by atoms with van der Waals surface area (Å²) in [7, 11) is 0. The molecule has 0 atom stereocenters. The van der Waals surface area contributed by atoms with Crippen molar-refractivity contribution in [3.63, 3.8) is 0 Å². The minimum Gasteiger partial charge on any atom is -0.384 e. The third-order valence-electron chi connectivity index (χ3n) is 2.92. The Morgan fingerprint density at radius 3 is 2.57 bits per heavy atom. The third-order valence-corrected chi connectivity index (χ3v) is 2.92. The normalized spacial score (nSPS) is 9.95. The fourth-order valence-electron chi connectivity index (χ4n) is 1.89. The molecular weight excluding hydrogens is 268 g/mol. The van der Waals surface area contributed by atoms with Gasteiger partial charge in [0.1, 0.15) is 6.61 Å². The smallest absolute Gasteiger partial charge is 0.255 e. The standard InChI is InChI=1S/C16H20N2O3/c1-11(2)18(10-15(17)20)16(21)14-7-6-12(3)9-13(14)5-4-8-19/h6-7,9,11,19H,8,10H2,1-3H3,(H2,17,20). The van der Waals surface area contributed by atoms with Gasteiger partial charge in [0.2, 0.25) is 5.91 Å². The molecule has 0 bridgehead atoms. The molecule has 0 heterocycles. The number of carbonyl (C=O) groups is 2. The lowest BCUT2D eigenvalue weighted by molar-refractivity contribution is -0.119. The highest BCUT2D eigenvalue weighted by Crippen LogP contribution is 2.15. The lowest BCUT2D eigenvalue weighted by Crippen LogP contribution is -2.43. The zero-order valence-corrected chi connectivity index (χ0v) is 12.5. The topological polar surface area (TPSA) is 83.6 Å². The highest BCUT2D eigenvalue weighted by molar-refractivity contribution is 5.98. The number of aliphatic hydroxyl groups is 1. The fourth-order valence-corrected chi connectivity index (χ4v) is 1.89. The predicted octanol–water partition coefficient (Wildman–Crippen LogP) is 0.675. The van der Waals surface area contributed by atoms with E-state index in [1.165, 1.54) is 4.90 Å². The quantitative estimate of drug-likeness (QED) is 0.799. The lowest BCUT2D eigenvalue weighted by Gasteiger charge is -2.26. The molecule has 1 rings (SSSR count). The van der Waals surface area contributed by atoms with Crippen LogP contribution in [0.3, 0.4) is 0 Å². The molecule has 0 unspecified atom stereocenters. The average Bonchev–Trinajstić information content (AvgIpc) is 2.41. The Labute approximate surface area is 124 Å². The number of nitrogens with zero attached hydrogens (tertiary/aromatic N) is 1. The zero-order valence-electron chi connectivity index (χ0n) is 12.5. The summed E-state index contributed by atoms with van der Waals surface area (Å²) in [5.41, 5.74) is 7.08.